The molecular weight excluding hydrogens is 616 g/mol. The molecule has 3 rings (SSSR count). The molecule has 266 valence electrons. The highest BCUT2D eigenvalue weighted by Crippen LogP contribution is 2.48. The fourth-order valence-corrected chi connectivity index (χ4v) is 7.22. The highest BCUT2D eigenvalue weighted by atomic mass is 28.4. The Bertz CT molecular complexity index is 1180. The molecule has 3 fully saturated rings. The van der Waals surface area contributed by atoms with Gasteiger partial charge in [-0.3, -0.25) is 19.3 Å². The molecule has 1 saturated heterocycles. The number of nitrogens with zero attached hydrogens (tertiary/aromatic N) is 2. The summed E-state index contributed by atoms with van der Waals surface area (Å²) >= 11 is 0. The number of alkyl carbamates (subject to hydrolysis) is 1. The third kappa shape index (κ3) is 10.1. The molecule has 3 amide bonds. The van der Waals surface area contributed by atoms with Gasteiger partial charge in [0.1, 0.15) is 23.1 Å². The molecule has 47 heavy (non-hydrogen) atoms. The van der Waals surface area contributed by atoms with Crippen molar-refractivity contribution in [3.63, 3.8) is 0 Å². The van der Waals surface area contributed by atoms with E-state index in [2.05, 4.69) is 62.6 Å². The quantitative estimate of drug-likeness (QED) is 0.102. The van der Waals surface area contributed by atoms with Crippen molar-refractivity contribution in [1.82, 2.24) is 20.4 Å². The molecule has 0 bridgehead atoms. The molecule has 2 saturated carbocycles. The van der Waals surface area contributed by atoms with Crippen molar-refractivity contribution in [3.05, 3.63) is 25.3 Å². The minimum Gasteiger partial charge on any atom is -0.465 e. The molecule has 0 aromatic carbocycles. The summed E-state index contributed by atoms with van der Waals surface area (Å²) in [5.41, 5.74) is -1.73. The Morgan fingerprint density at radius 3 is 2.30 bits per heavy atom. The van der Waals surface area contributed by atoms with Crippen molar-refractivity contribution in [2.45, 2.75) is 141 Å². The molecule has 11 nitrogen and oxygen atoms in total. The van der Waals surface area contributed by atoms with Gasteiger partial charge >= 0.3 is 12.1 Å². The zero-order valence-corrected chi connectivity index (χ0v) is 31.3. The largest absolute Gasteiger partial charge is 0.465 e. The van der Waals surface area contributed by atoms with Crippen molar-refractivity contribution in [3.8, 4) is 0 Å². The summed E-state index contributed by atoms with van der Waals surface area (Å²) in [5, 5.41) is 5.79. The third-order valence-electron chi connectivity index (χ3n) is 9.78. The molecule has 2 unspecified atom stereocenters. The number of allylic oxidation sites excluding steroid dienone is 1. The maximum absolute atomic E-state index is 14.6. The number of carbonyl (C=O) groups excluding carboxylic acids is 4. The maximum atomic E-state index is 14.6. The van der Waals surface area contributed by atoms with Crippen LogP contribution in [-0.2, 0) is 28.3 Å². The molecule has 0 radical (unpaired) electrons. The molecule has 1 aliphatic heterocycles. The highest BCUT2D eigenvalue weighted by molar-refractivity contribution is 6.74. The van der Waals surface area contributed by atoms with Crippen LogP contribution >= 0.6 is 0 Å². The Balaban J connectivity index is 1.90. The average Bonchev–Trinajstić information content (AvgIpc) is 3.87. The number of carbonyl (C=O) groups is 4. The summed E-state index contributed by atoms with van der Waals surface area (Å²) in [7, 11) is -2.25. The van der Waals surface area contributed by atoms with Crippen molar-refractivity contribution in [1.29, 1.82) is 0 Å². The van der Waals surface area contributed by atoms with Gasteiger partial charge in [0.05, 0.1) is 18.8 Å². The first kappa shape index (κ1) is 38.7. The smallest absolute Gasteiger partial charge is 0.408 e. The predicted octanol–water partition coefficient (Wildman–Crippen LogP) is 4.93. The Morgan fingerprint density at radius 2 is 1.77 bits per heavy atom. The molecule has 12 heteroatoms. The second kappa shape index (κ2) is 15.2. The molecule has 3 aliphatic rings. The van der Waals surface area contributed by atoms with E-state index in [0.29, 0.717) is 25.4 Å². The average molecular weight is 677 g/mol. The lowest BCUT2D eigenvalue weighted by Gasteiger charge is -2.38. The number of rotatable bonds is 16. The summed E-state index contributed by atoms with van der Waals surface area (Å²) in [6.45, 7) is 27.0. The number of unbranched alkanes of at least 4 members (excludes halogenated alkanes) is 1. The van der Waals surface area contributed by atoms with Gasteiger partial charge in [0.25, 0.3) is 0 Å². The topological polar surface area (TPSA) is 127 Å². The van der Waals surface area contributed by atoms with Crippen molar-refractivity contribution >= 4 is 32.2 Å². The fraction of sp³-hybridized carbons (Fsp3) is 0.771. The van der Waals surface area contributed by atoms with Gasteiger partial charge in [-0.2, -0.15) is 0 Å². The van der Waals surface area contributed by atoms with Crippen LogP contribution in [0.1, 0.15) is 87.0 Å². The molecule has 0 aromatic heterocycles. The number of hydrogen-bond donors (Lipinski definition) is 2. The normalized spacial score (nSPS) is 25.1. The zero-order chi connectivity index (χ0) is 35.4. The zero-order valence-electron chi connectivity index (χ0n) is 30.3. The van der Waals surface area contributed by atoms with E-state index in [1.807, 2.05) is 6.08 Å². The van der Waals surface area contributed by atoms with Gasteiger partial charge in [-0.05, 0) is 84.5 Å². The number of ether oxygens (including phenoxy) is 2. The van der Waals surface area contributed by atoms with Crippen LogP contribution in [0.15, 0.2) is 25.3 Å². The fourth-order valence-electron chi connectivity index (χ4n) is 5.87. The lowest BCUT2D eigenvalue weighted by atomic mass is 10.1. The van der Waals surface area contributed by atoms with Crippen LogP contribution < -0.4 is 10.6 Å². The predicted molar refractivity (Wildman–Crippen MR) is 185 cm³/mol. The Morgan fingerprint density at radius 1 is 1.11 bits per heavy atom. The van der Waals surface area contributed by atoms with Gasteiger partial charge < -0.3 is 29.4 Å². The van der Waals surface area contributed by atoms with Crippen molar-refractivity contribution in [2.24, 2.45) is 5.41 Å². The van der Waals surface area contributed by atoms with Gasteiger partial charge in [-0.1, -0.05) is 32.9 Å². The van der Waals surface area contributed by atoms with Crippen LogP contribution in [0.5, 0.6) is 0 Å². The van der Waals surface area contributed by atoms with Crippen LogP contribution in [0.3, 0.4) is 0 Å². The first-order valence-corrected chi connectivity index (χ1v) is 20.1. The van der Waals surface area contributed by atoms with Gasteiger partial charge in [0.15, 0.2) is 8.32 Å². The van der Waals surface area contributed by atoms with Crippen LogP contribution in [-0.4, -0.2) is 104 Å². The van der Waals surface area contributed by atoms with E-state index in [1.165, 1.54) is 6.08 Å². The SMILES string of the molecule is C=CCCCN(C[C@H](NC(=O)OC(C)(C)C)C(=O)N1C[C@H](O[Si](C)(C)C(C)(C)C)C[C@H]1C(=O)NC1CC1(C=C)C(=O)OCC)C1CC1. The van der Waals surface area contributed by atoms with E-state index in [4.69, 9.17) is 13.9 Å². The van der Waals surface area contributed by atoms with Crippen molar-refractivity contribution < 1.29 is 33.1 Å². The van der Waals surface area contributed by atoms with Crippen LogP contribution in [0.4, 0.5) is 4.79 Å². The summed E-state index contributed by atoms with van der Waals surface area (Å²) in [6.07, 6.45) is 6.86. The molecular formula is C35H60N4O7Si. The van der Waals surface area contributed by atoms with Crippen molar-refractivity contribution in [2.75, 3.05) is 26.2 Å². The minimum absolute atomic E-state index is 0.0730. The van der Waals surface area contributed by atoms with Gasteiger partial charge in [-0.25, -0.2) is 4.79 Å². The second-order valence-electron chi connectivity index (χ2n) is 15.8. The highest BCUT2D eigenvalue weighted by Gasteiger charge is 2.61. The maximum Gasteiger partial charge on any atom is 0.408 e. The number of likely N-dealkylation sites (tertiary alicyclic amines) is 1. The molecule has 1 heterocycles. The summed E-state index contributed by atoms with van der Waals surface area (Å²) < 4.78 is 17.6. The number of nitrogens with one attached hydrogen (secondary N) is 2. The first-order valence-electron chi connectivity index (χ1n) is 17.2. The van der Waals surface area contributed by atoms with E-state index in [-0.39, 0.29) is 36.1 Å². The van der Waals surface area contributed by atoms with E-state index in [9.17, 15) is 19.2 Å². The number of hydrogen-bond acceptors (Lipinski definition) is 8. The van der Waals surface area contributed by atoms with Gasteiger partial charge in [0.2, 0.25) is 11.8 Å². The standard InChI is InChI=1S/C35H60N4O7Si/c1-12-15-16-19-38(24-17-18-24)23-26(36-32(43)45-33(4,5)6)30(41)39-22-25(46-47(10,11)34(7,8)9)20-27(39)29(40)37-28-21-35(28,13-2)31(42)44-14-3/h12-13,24-28H,1-2,14-23H2,3-11H3,(H,36,43)(H,37,40)/t25-,26+,27+,28?,35?/m1/s1. The summed E-state index contributed by atoms with van der Waals surface area (Å²) in [4.78, 5) is 58.1. The van der Waals surface area contributed by atoms with Gasteiger partial charge in [-0.15, -0.1) is 13.2 Å². The first-order chi connectivity index (χ1) is 21.8. The Kier molecular flexibility index (Phi) is 12.6. The number of amides is 3. The molecule has 5 atom stereocenters. The monoisotopic (exact) mass is 676 g/mol. The molecule has 2 aliphatic carbocycles. The van der Waals surface area contributed by atoms with Crippen LogP contribution in [0.2, 0.25) is 18.1 Å². The minimum atomic E-state index is -2.25. The Labute approximate surface area is 283 Å². The lowest BCUT2D eigenvalue weighted by Crippen LogP contribution is -2.58. The molecule has 0 aromatic rings. The van der Waals surface area contributed by atoms with Crippen LogP contribution in [0.25, 0.3) is 0 Å². The van der Waals surface area contributed by atoms with E-state index in [0.717, 1.165) is 32.2 Å². The second-order valence-corrected chi connectivity index (χ2v) is 20.6. The molecule has 2 N–H and O–H groups in total. The number of esters is 1. The van der Waals surface area contributed by atoms with E-state index < -0.39 is 49.5 Å². The lowest BCUT2D eigenvalue weighted by molar-refractivity contribution is -0.148. The van der Waals surface area contributed by atoms with E-state index >= 15 is 0 Å². The molecule has 0 spiro atoms. The summed E-state index contributed by atoms with van der Waals surface area (Å²) in [5.74, 6) is -1.14. The van der Waals surface area contributed by atoms with E-state index in [1.54, 1.807) is 32.6 Å². The van der Waals surface area contributed by atoms with Gasteiger partial charge in [0, 0.05) is 25.6 Å². The van der Waals surface area contributed by atoms with Crippen LogP contribution in [0, 0.1) is 5.41 Å². The Hall–Kier alpha value is -2.70. The third-order valence-corrected chi connectivity index (χ3v) is 14.3. The summed E-state index contributed by atoms with van der Waals surface area (Å²) in [6, 6.07) is -1.92.